The van der Waals surface area contributed by atoms with Gasteiger partial charge in [0, 0.05) is 45.2 Å². The maximum Gasteiger partial charge on any atom is 0.225 e. The predicted molar refractivity (Wildman–Crippen MR) is 70.4 cm³/mol. The van der Waals surface area contributed by atoms with Crippen LogP contribution in [0.15, 0.2) is 0 Å². The van der Waals surface area contributed by atoms with E-state index in [1.54, 1.807) is 12.0 Å². The Kier molecular flexibility index (Phi) is 5.75. The van der Waals surface area contributed by atoms with E-state index >= 15 is 0 Å². The van der Waals surface area contributed by atoms with Gasteiger partial charge < -0.3 is 20.1 Å². The summed E-state index contributed by atoms with van der Waals surface area (Å²) in [5.41, 5.74) is -0.339. The summed E-state index contributed by atoms with van der Waals surface area (Å²) in [5.74, 6) is -0.410. The molecule has 6 heteroatoms. The fraction of sp³-hybridized carbons (Fsp3) is 0.846. The van der Waals surface area contributed by atoms with Crippen LogP contribution >= 0.6 is 0 Å². The number of amides is 2. The zero-order valence-corrected chi connectivity index (χ0v) is 11.9. The lowest BCUT2D eigenvalue weighted by Crippen LogP contribution is -2.40. The number of carbonyl (C=O) groups excluding carboxylic acids is 2. The number of ether oxygens (including phenoxy) is 1. The van der Waals surface area contributed by atoms with E-state index in [4.69, 9.17) is 9.84 Å². The maximum absolute atomic E-state index is 12.0. The molecule has 0 aromatic heterocycles. The van der Waals surface area contributed by atoms with Crippen molar-refractivity contribution in [3.05, 3.63) is 0 Å². The second kappa shape index (κ2) is 6.86. The van der Waals surface area contributed by atoms with Gasteiger partial charge in [0.05, 0.1) is 12.5 Å². The van der Waals surface area contributed by atoms with E-state index in [9.17, 15) is 9.59 Å². The summed E-state index contributed by atoms with van der Waals surface area (Å²) in [4.78, 5) is 25.3. The van der Waals surface area contributed by atoms with Gasteiger partial charge in [-0.3, -0.25) is 9.59 Å². The van der Waals surface area contributed by atoms with Crippen LogP contribution in [-0.2, 0) is 14.3 Å². The maximum atomic E-state index is 12.0. The van der Waals surface area contributed by atoms with Crippen molar-refractivity contribution < 1.29 is 19.4 Å². The summed E-state index contributed by atoms with van der Waals surface area (Å²) < 4.78 is 4.93. The summed E-state index contributed by atoms with van der Waals surface area (Å²) in [6.45, 7) is 5.63. The van der Waals surface area contributed by atoms with Crippen LogP contribution in [-0.4, -0.2) is 61.8 Å². The molecular formula is C13H24N2O4. The highest BCUT2D eigenvalue weighted by Gasteiger charge is 2.34. The molecule has 0 aromatic carbocycles. The van der Waals surface area contributed by atoms with Crippen LogP contribution in [0.5, 0.6) is 0 Å². The first-order valence-electron chi connectivity index (χ1n) is 6.55. The van der Waals surface area contributed by atoms with Crippen LogP contribution in [0.4, 0.5) is 0 Å². The Balaban J connectivity index is 2.41. The molecular weight excluding hydrogens is 248 g/mol. The summed E-state index contributed by atoms with van der Waals surface area (Å²) in [6.07, 6.45) is 0.259. The molecule has 1 aliphatic rings. The van der Waals surface area contributed by atoms with Gasteiger partial charge in [-0.05, 0) is 0 Å². The van der Waals surface area contributed by atoms with Gasteiger partial charge in [-0.15, -0.1) is 0 Å². The number of hydrogen-bond donors (Lipinski definition) is 2. The Bertz CT molecular complexity index is 331. The topological polar surface area (TPSA) is 78.9 Å². The Morgan fingerprint density at radius 3 is 2.84 bits per heavy atom. The monoisotopic (exact) mass is 272 g/mol. The van der Waals surface area contributed by atoms with Gasteiger partial charge in [-0.2, -0.15) is 0 Å². The Morgan fingerprint density at radius 1 is 1.58 bits per heavy atom. The molecule has 19 heavy (non-hydrogen) atoms. The van der Waals surface area contributed by atoms with Gasteiger partial charge in [-0.1, -0.05) is 13.8 Å². The van der Waals surface area contributed by atoms with E-state index < -0.39 is 0 Å². The number of aliphatic hydroxyl groups excluding tert-OH is 1. The predicted octanol–water partition coefficient (Wildman–Crippen LogP) is -0.384. The minimum absolute atomic E-state index is 0.00128. The minimum Gasteiger partial charge on any atom is -0.396 e. The summed E-state index contributed by atoms with van der Waals surface area (Å²) in [7, 11) is 1.59. The summed E-state index contributed by atoms with van der Waals surface area (Å²) >= 11 is 0. The summed E-state index contributed by atoms with van der Waals surface area (Å²) in [6, 6.07) is 0. The van der Waals surface area contributed by atoms with Crippen molar-refractivity contribution in [3.63, 3.8) is 0 Å². The molecule has 0 aliphatic carbocycles. The van der Waals surface area contributed by atoms with Gasteiger partial charge in [0.15, 0.2) is 0 Å². The largest absolute Gasteiger partial charge is 0.396 e. The Labute approximate surface area is 114 Å². The molecule has 1 heterocycles. The van der Waals surface area contributed by atoms with Crippen LogP contribution in [0, 0.1) is 11.3 Å². The number of hydrogen-bond acceptors (Lipinski definition) is 4. The average Bonchev–Trinajstić information content (AvgIpc) is 2.75. The lowest BCUT2D eigenvalue weighted by Gasteiger charge is -2.23. The SMILES string of the molecule is COCCN1CC(C(=O)NCC(C)(C)CO)CC1=O. The van der Waals surface area contributed by atoms with Crippen LogP contribution in [0.1, 0.15) is 20.3 Å². The molecule has 0 spiro atoms. The van der Waals surface area contributed by atoms with E-state index in [1.807, 2.05) is 13.8 Å². The molecule has 1 atom stereocenters. The third-order valence-electron chi connectivity index (χ3n) is 3.32. The van der Waals surface area contributed by atoms with Crippen molar-refractivity contribution in [1.29, 1.82) is 0 Å². The molecule has 6 nitrogen and oxygen atoms in total. The molecule has 1 aliphatic heterocycles. The smallest absolute Gasteiger partial charge is 0.225 e. The normalized spacial score (nSPS) is 19.9. The first-order chi connectivity index (χ1) is 8.89. The van der Waals surface area contributed by atoms with Gasteiger partial charge in [-0.25, -0.2) is 0 Å². The second-order valence-corrected chi connectivity index (χ2v) is 5.77. The highest BCUT2D eigenvalue weighted by molar-refractivity contribution is 5.89. The molecule has 0 saturated carbocycles. The molecule has 0 aromatic rings. The van der Waals surface area contributed by atoms with Gasteiger partial charge in [0.2, 0.25) is 11.8 Å². The number of methoxy groups -OCH3 is 1. The van der Waals surface area contributed by atoms with Crippen molar-refractivity contribution in [2.45, 2.75) is 20.3 Å². The molecule has 1 fully saturated rings. The van der Waals surface area contributed by atoms with Crippen molar-refractivity contribution in [2.75, 3.05) is 40.0 Å². The molecule has 2 N–H and O–H groups in total. The van der Waals surface area contributed by atoms with Crippen LogP contribution in [0.25, 0.3) is 0 Å². The van der Waals surface area contributed by atoms with Gasteiger partial charge in [0.25, 0.3) is 0 Å². The summed E-state index contributed by atoms with van der Waals surface area (Å²) in [5, 5.41) is 11.9. The lowest BCUT2D eigenvalue weighted by atomic mass is 9.94. The van der Waals surface area contributed by atoms with Crippen molar-refractivity contribution in [3.8, 4) is 0 Å². The highest BCUT2D eigenvalue weighted by atomic mass is 16.5. The first kappa shape index (κ1) is 15.9. The van der Waals surface area contributed by atoms with Gasteiger partial charge in [0.1, 0.15) is 0 Å². The molecule has 1 rings (SSSR count). The third kappa shape index (κ3) is 4.80. The van der Waals surface area contributed by atoms with E-state index in [2.05, 4.69) is 5.32 Å². The third-order valence-corrected chi connectivity index (χ3v) is 3.32. The standard InChI is InChI=1S/C13H24N2O4/c1-13(2,9-16)8-14-12(18)10-6-11(17)15(7-10)4-5-19-3/h10,16H,4-9H2,1-3H3,(H,14,18). The number of rotatable bonds is 7. The minimum atomic E-state index is -0.339. The first-order valence-corrected chi connectivity index (χ1v) is 6.55. The fourth-order valence-electron chi connectivity index (χ4n) is 1.89. The molecule has 1 saturated heterocycles. The van der Waals surface area contributed by atoms with Crippen molar-refractivity contribution in [2.24, 2.45) is 11.3 Å². The Morgan fingerprint density at radius 2 is 2.26 bits per heavy atom. The van der Waals surface area contributed by atoms with Crippen molar-refractivity contribution in [1.82, 2.24) is 10.2 Å². The number of nitrogens with one attached hydrogen (secondary N) is 1. The van der Waals surface area contributed by atoms with E-state index in [0.717, 1.165) is 0 Å². The van der Waals surface area contributed by atoms with Crippen molar-refractivity contribution >= 4 is 11.8 Å². The average molecular weight is 272 g/mol. The van der Waals surface area contributed by atoms with E-state index in [0.29, 0.717) is 26.2 Å². The van der Waals surface area contributed by atoms with E-state index in [-0.39, 0.29) is 36.2 Å². The number of carbonyl (C=O) groups is 2. The molecule has 110 valence electrons. The van der Waals surface area contributed by atoms with Crippen LogP contribution < -0.4 is 5.32 Å². The number of aliphatic hydroxyl groups is 1. The molecule has 2 amide bonds. The second-order valence-electron chi connectivity index (χ2n) is 5.77. The number of nitrogens with zero attached hydrogens (tertiary/aromatic N) is 1. The zero-order valence-electron chi connectivity index (χ0n) is 11.9. The zero-order chi connectivity index (χ0) is 14.5. The fourth-order valence-corrected chi connectivity index (χ4v) is 1.89. The van der Waals surface area contributed by atoms with Crippen LogP contribution in [0.2, 0.25) is 0 Å². The Hall–Kier alpha value is -1.14. The highest BCUT2D eigenvalue weighted by Crippen LogP contribution is 2.18. The van der Waals surface area contributed by atoms with E-state index in [1.165, 1.54) is 0 Å². The molecule has 1 unspecified atom stereocenters. The lowest BCUT2D eigenvalue weighted by molar-refractivity contribution is -0.129. The molecule has 0 radical (unpaired) electrons. The van der Waals surface area contributed by atoms with Crippen LogP contribution in [0.3, 0.4) is 0 Å². The number of likely N-dealkylation sites (tertiary alicyclic amines) is 1. The quantitative estimate of drug-likeness (QED) is 0.662. The molecule has 0 bridgehead atoms. The van der Waals surface area contributed by atoms with Gasteiger partial charge >= 0.3 is 0 Å².